The van der Waals surface area contributed by atoms with E-state index in [1.807, 2.05) is 0 Å². The first kappa shape index (κ1) is 15.9. The van der Waals surface area contributed by atoms with E-state index in [-0.39, 0.29) is 36.3 Å². The summed E-state index contributed by atoms with van der Waals surface area (Å²) in [6, 6.07) is 0. The van der Waals surface area contributed by atoms with Crippen LogP contribution in [0, 0.1) is 0 Å². The minimum atomic E-state index is -3.18. The van der Waals surface area contributed by atoms with Gasteiger partial charge in [0.05, 0.1) is 17.4 Å². The normalized spacial score (nSPS) is 16.5. The highest BCUT2D eigenvalue weighted by molar-refractivity contribution is 7.92. The van der Waals surface area contributed by atoms with Gasteiger partial charge in [0.15, 0.2) is 9.84 Å². The largest absolute Gasteiger partial charge is 0.481 e. The molecule has 19 heavy (non-hydrogen) atoms. The van der Waals surface area contributed by atoms with Crippen LogP contribution < -0.4 is 0 Å². The molecule has 1 aliphatic rings. The molecule has 0 saturated heterocycles. The lowest BCUT2D eigenvalue weighted by molar-refractivity contribution is -0.138. The second kappa shape index (κ2) is 6.88. The number of rotatable bonds is 7. The van der Waals surface area contributed by atoms with Crippen molar-refractivity contribution < 1.29 is 23.1 Å². The number of sulfone groups is 1. The van der Waals surface area contributed by atoms with E-state index in [0.717, 1.165) is 12.8 Å². The van der Waals surface area contributed by atoms with Crippen LogP contribution in [0.25, 0.3) is 0 Å². The Morgan fingerprint density at radius 1 is 1.21 bits per heavy atom. The van der Waals surface area contributed by atoms with Crippen molar-refractivity contribution in [3.8, 4) is 0 Å². The van der Waals surface area contributed by atoms with Gasteiger partial charge in [-0.2, -0.15) is 0 Å². The molecule has 1 N–H and O–H groups in total. The Hall–Kier alpha value is -1.11. The molecule has 7 heteroatoms. The lowest BCUT2D eigenvalue weighted by Gasteiger charge is -2.17. The summed E-state index contributed by atoms with van der Waals surface area (Å²) in [5, 5.41) is 8.23. The maximum Gasteiger partial charge on any atom is 0.305 e. The van der Waals surface area contributed by atoms with Crippen molar-refractivity contribution in [2.45, 2.75) is 43.8 Å². The highest BCUT2D eigenvalue weighted by atomic mass is 32.2. The summed E-state index contributed by atoms with van der Waals surface area (Å²) in [4.78, 5) is 23.3. The van der Waals surface area contributed by atoms with E-state index in [2.05, 4.69) is 0 Å². The summed E-state index contributed by atoms with van der Waals surface area (Å²) in [5.41, 5.74) is 0. The number of amides is 1. The molecule has 0 aliphatic heterocycles. The third-order valence-corrected chi connectivity index (χ3v) is 5.76. The Labute approximate surface area is 113 Å². The summed E-state index contributed by atoms with van der Waals surface area (Å²) in [6.45, 7) is 0.109. The third-order valence-electron chi connectivity index (χ3n) is 3.50. The molecule has 1 aliphatic carbocycles. The molecule has 6 nitrogen and oxygen atoms in total. The topological polar surface area (TPSA) is 91.8 Å². The molecule has 1 rings (SSSR count). The highest BCUT2D eigenvalue weighted by Gasteiger charge is 2.29. The molecule has 110 valence electrons. The van der Waals surface area contributed by atoms with Crippen molar-refractivity contribution >= 4 is 21.7 Å². The van der Waals surface area contributed by atoms with Gasteiger partial charge in [0.1, 0.15) is 0 Å². The van der Waals surface area contributed by atoms with Crippen LogP contribution in [-0.4, -0.2) is 54.9 Å². The van der Waals surface area contributed by atoms with E-state index in [4.69, 9.17) is 5.11 Å². The molecule has 0 radical (unpaired) electrons. The summed E-state index contributed by atoms with van der Waals surface area (Å²) < 4.78 is 23.9. The number of hydrogen-bond donors (Lipinski definition) is 1. The number of hydrogen-bond acceptors (Lipinski definition) is 4. The van der Waals surface area contributed by atoms with Gasteiger partial charge < -0.3 is 10.0 Å². The summed E-state index contributed by atoms with van der Waals surface area (Å²) in [5.74, 6) is -1.42. The SMILES string of the molecule is CN(CCC(=O)O)C(=O)CCS(=O)(=O)C1CCCC1. The quantitative estimate of drug-likeness (QED) is 0.744. The minimum absolute atomic E-state index is 0.0606. The number of carbonyl (C=O) groups is 2. The molecule has 1 amide bonds. The van der Waals surface area contributed by atoms with Crippen molar-refractivity contribution in [2.75, 3.05) is 19.3 Å². The second-order valence-corrected chi connectivity index (χ2v) is 7.38. The number of carboxylic acids is 1. The predicted octanol–water partition coefficient (Wildman–Crippen LogP) is 0.667. The lowest BCUT2D eigenvalue weighted by atomic mass is 10.3. The van der Waals surface area contributed by atoms with Gasteiger partial charge in [-0.1, -0.05) is 12.8 Å². The molecule has 0 aromatic carbocycles. The fourth-order valence-corrected chi connectivity index (χ4v) is 4.07. The maximum atomic E-state index is 12.0. The van der Waals surface area contributed by atoms with Crippen LogP contribution in [0.5, 0.6) is 0 Å². The first-order valence-electron chi connectivity index (χ1n) is 6.50. The van der Waals surface area contributed by atoms with Crippen LogP contribution in [0.1, 0.15) is 38.5 Å². The first-order chi connectivity index (χ1) is 8.83. The molecule has 1 saturated carbocycles. The Kier molecular flexibility index (Phi) is 5.78. The summed E-state index contributed by atoms with van der Waals surface area (Å²) in [7, 11) is -1.69. The molecule has 0 aromatic rings. The van der Waals surface area contributed by atoms with E-state index >= 15 is 0 Å². The molecule has 0 aromatic heterocycles. The van der Waals surface area contributed by atoms with Crippen molar-refractivity contribution in [2.24, 2.45) is 0 Å². The van der Waals surface area contributed by atoms with Gasteiger partial charge in [0, 0.05) is 20.0 Å². The second-order valence-electron chi connectivity index (χ2n) is 4.98. The third kappa shape index (κ3) is 5.18. The van der Waals surface area contributed by atoms with Crippen LogP contribution in [0.3, 0.4) is 0 Å². The molecule has 0 bridgehead atoms. The van der Waals surface area contributed by atoms with E-state index < -0.39 is 15.8 Å². The molecule has 0 heterocycles. The fraction of sp³-hybridized carbons (Fsp3) is 0.833. The zero-order valence-corrected chi connectivity index (χ0v) is 12.0. The van der Waals surface area contributed by atoms with Crippen LogP contribution >= 0.6 is 0 Å². The average molecular weight is 291 g/mol. The molecule has 0 atom stereocenters. The number of carboxylic acid groups (broad SMARTS) is 1. The van der Waals surface area contributed by atoms with Gasteiger partial charge >= 0.3 is 5.97 Å². The summed E-state index contributed by atoms with van der Waals surface area (Å²) in [6.07, 6.45) is 3.09. The van der Waals surface area contributed by atoms with Crippen LogP contribution in [0.15, 0.2) is 0 Å². The van der Waals surface area contributed by atoms with Crippen LogP contribution in [0.4, 0.5) is 0 Å². The van der Waals surface area contributed by atoms with E-state index in [1.54, 1.807) is 0 Å². The lowest BCUT2D eigenvalue weighted by Crippen LogP contribution is -2.31. The van der Waals surface area contributed by atoms with E-state index in [0.29, 0.717) is 12.8 Å². The average Bonchev–Trinajstić information content (AvgIpc) is 2.87. The number of nitrogens with zero attached hydrogens (tertiary/aromatic N) is 1. The standard InChI is InChI=1S/C12H21NO5S/c1-13(8-6-12(15)16)11(14)7-9-19(17,18)10-4-2-3-5-10/h10H,2-9H2,1H3,(H,15,16). The highest BCUT2D eigenvalue weighted by Crippen LogP contribution is 2.25. The molecule has 0 spiro atoms. The monoisotopic (exact) mass is 291 g/mol. The van der Waals surface area contributed by atoms with Gasteiger partial charge in [0.2, 0.25) is 5.91 Å². The molecular weight excluding hydrogens is 270 g/mol. The van der Waals surface area contributed by atoms with Gasteiger partial charge in [0.25, 0.3) is 0 Å². The Bertz CT molecular complexity index is 425. The Morgan fingerprint density at radius 2 is 1.79 bits per heavy atom. The van der Waals surface area contributed by atoms with Crippen LogP contribution in [-0.2, 0) is 19.4 Å². The Morgan fingerprint density at radius 3 is 2.32 bits per heavy atom. The maximum absolute atomic E-state index is 12.0. The van der Waals surface area contributed by atoms with Crippen molar-refractivity contribution in [1.82, 2.24) is 4.90 Å². The van der Waals surface area contributed by atoms with Gasteiger partial charge in [-0.15, -0.1) is 0 Å². The van der Waals surface area contributed by atoms with E-state index in [1.165, 1.54) is 11.9 Å². The van der Waals surface area contributed by atoms with Crippen molar-refractivity contribution in [3.63, 3.8) is 0 Å². The minimum Gasteiger partial charge on any atom is -0.481 e. The fourth-order valence-electron chi connectivity index (χ4n) is 2.22. The van der Waals surface area contributed by atoms with Gasteiger partial charge in [-0.25, -0.2) is 8.42 Å². The zero-order valence-electron chi connectivity index (χ0n) is 11.2. The van der Waals surface area contributed by atoms with E-state index in [9.17, 15) is 18.0 Å². The smallest absolute Gasteiger partial charge is 0.305 e. The number of aliphatic carboxylic acids is 1. The molecular formula is C12H21NO5S. The zero-order chi connectivity index (χ0) is 14.5. The van der Waals surface area contributed by atoms with Crippen LogP contribution in [0.2, 0.25) is 0 Å². The Balaban J connectivity index is 2.38. The molecule has 1 fully saturated rings. The molecule has 0 unspecified atom stereocenters. The number of carbonyl (C=O) groups excluding carboxylic acids is 1. The predicted molar refractivity (Wildman–Crippen MR) is 70.5 cm³/mol. The van der Waals surface area contributed by atoms with Crippen molar-refractivity contribution in [3.05, 3.63) is 0 Å². The van der Waals surface area contributed by atoms with Crippen molar-refractivity contribution in [1.29, 1.82) is 0 Å². The summed E-state index contributed by atoms with van der Waals surface area (Å²) >= 11 is 0. The van der Waals surface area contributed by atoms with Gasteiger partial charge in [-0.05, 0) is 12.8 Å². The first-order valence-corrected chi connectivity index (χ1v) is 8.22. The van der Waals surface area contributed by atoms with Gasteiger partial charge in [-0.3, -0.25) is 9.59 Å².